The number of halogens is 1. The van der Waals surface area contributed by atoms with Gasteiger partial charge in [-0.05, 0) is 24.3 Å². The van der Waals surface area contributed by atoms with Crippen LogP contribution in [0.1, 0.15) is 33.4 Å². The van der Waals surface area contributed by atoms with Gasteiger partial charge in [0.1, 0.15) is 24.5 Å². The molecular formula is C25H22ClN5O5. The van der Waals surface area contributed by atoms with Crippen LogP contribution in [0, 0.1) is 5.92 Å². The molecule has 0 saturated carbocycles. The number of aromatic nitrogens is 4. The van der Waals surface area contributed by atoms with Gasteiger partial charge >= 0.3 is 11.9 Å². The molecule has 0 amide bonds. The van der Waals surface area contributed by atoms with E-state index in [9.17, 15) is 9.59 Å². The summed E-state index contributed by atoms with van der Waals surface area (Å²) in [5.74, 6) is -1.17. The number of hydrogen-bond acceptors (Lipinski definition) is 9. The zero-order chi connectivity index (χ0) is 25.1. The predicted octanol–water partition coefficient (Wildman–Crippen LogP) is 3.68. The summed E-state index contributed by atoms with van der Waals surface area (Å²) in [5, 5.41) is 0.135. The molecule has 0 spiro atoms. The Kier molecular flexibility index (Phi) is 6.79. The van der Waals surface area contributed by atoms with Crippen molar-refractivity contribution < 1.29 is 23.8 Å². The lowest BCUT2D eigenvalue weighted by atomic mass is 10.0. The number of benzene rings is 2. The average Bonchev–Trinajstić information content (AvgIpc) is 3.51. The normalized spacial score (nSPS) is 19.3. The summed E-state index contributed by atoms with van der Waals surface area (Å²) in [7, 11) is 0. The molecular weight excluding hydrogens is 486 g/mol. The molecule has 2 N–H and O–H groups in total. The maximum Gasteiger partial charge on any atom is 0.338 e. The number of fused-ring (bicyclic) bond motifs is 1. The molecule has 184 valence electrons. The molecule has 0 bridgehead atoms. The summed E-state index contributed by atoms with van der Waals surface area (Å²) >= 11 is 6.16. The highest BCUT2D eigenvalue weighted by molar-refractivity contribution is 6.33. The quantitative estimate of drug-likeness (QED) is 0.294. The molecule has 3 unspecified atom stereocenters. The van der Waals surface area contributed by atoms with Gasteiger partial charge in [0.15, 0.2) is 10.8 Å². The summed E-state index contributed by atoms with van der Waals surface area (Å²) in [6, 6.07) is 17.4. The van der Waals surface area contributed by atoms with Gasteiger partial charge < -0.3 is 19.9 Å². The molecule has 36 heavy (non-hydrogen) atoms. The first kappa shape index (κ1) is 23.7. The molecule has 2 aromatic carbocycles. The Labute approximate surface area is 211 Å². The number of rotatable bonds is 7. The van der Waals surface area contributed by atoms with Crippen molar-refractivity contribution in [1.29, 1.82) is 0 Å². The van der Waals surface area contributed by atoms with Gasteiger partial charge in [-0.15, -0.1) is 0 Å². The van der Waals surface area contributed by atoms with E-state index in [2.05, 4.69) is 15.0 Å². The lowest BCUT2D eigenvalue weighted by molar-refractivity contribution is -0.0438. The van der Waals surface area contributed by atoms with Gasteiger partial charge in [0.2, 0.25) is 5.95 Å². The van der Waals surface area contributed by atoms with Gasteiger partial charge in [-0.3, -0.25) is 4.57 Å². The number of carbonyl (C=O) groups is 2. The van der Waals surface area contributed by atoms with Gasteiger partial charge in [0.25, 0.3) is 0 Å². The van der Waals surface area contributed by atoms with Crippen LogP contribution in [0.4, 0.5) is 5.95 Å². The van der Waals surface area contributed by atoms with Crippen LogP contribution in [0.3, 0.4) is 0 Å². The molecule has 0 radical (unpaired) electrons. The number of hydrogen-bond donors (Lipinski definition) is 1. The third-order valence-electron chi connectivity index (χ3n) is 5.89. The van der Waals surface area contributed by atoms with Crippen LogP contribution < -0.4 is 5.73 Å². The van der Waals surface area contributed by atoms with E-state index in [0.717, 1.165) is 0 Å². The topological polar surface area (TPSA) is 131 Å². The van der Waals surface area contributed by atoms with E-state index in [4.69, 9.17) is 31.5 Å². The van der Waals surface area contributed by atoms with E-state index >= 15 is 0 Å². The minimum atomic E-state index is -0.543. The Morgan fingerprint density at radius 2 is 1.58 bits per heavy atom. The second-order valence-electron chi connectivity index (χ2n) is 8.25. The Balaban J connectivity index is 1.34. The van der Waals surface area contributed by atoms with Crippen LogP contribution in [-0.4, -0.2) is 50.8 Å². The molecule has 0 aliphatic carbocycles. The molecule has 3 heterocycles. The second kappa shape index (κ2) is 10.3. The van der Waals surface area contributed by atoms with Crippen molar-refractivity contribution in [3.05, 3.63) is 83.3 Å². The second-order valence-corrected chi connectivity index (χ2v) is 8.61. The first-order valence-corrected chi connectivity index (χ1v) is 11.6. The molecule has 11 heteroatoms. The van der Waals surface area contributed by atoms with Crippen LogP contribution in [0.2, 0.25) is 5.15 Å². The Bertz CT molecular complexity index is 1320. The maximum absolute atomic E-state index is 12.5. The largest absolute Gasteiger partial charge is 0.462 e. The van der Waals surface area contributed by atoms with E-state index in [-0.39, 0.29) is 30.2 Å². The van der Waals surface area contributed by atoms with E-state index in [1.165, 1.54) is 0 Å². The number of nitrogens with zero attached hydrogens (tertiary/aromatic N) is 4. The standard InChI is InChI=1S/C25H22ClN5O5/c26-21-20-22(30-25(27)29-21)31(14-28-20)19-11-17(12-34-23(32)15-7-3-1-4-8-15)18(36-19)13-35-24(33)16-9-5-2-6-10-16/h1-10,14,17-19H,11-13H2,(H2,27,29,30). The summed E-state index contributed by atoms with van der Waals surface area (Å²) in [6.45, 7) is 0.0462. The maximum atomic E-state index is 12.5. The van der Waals surface area contributed by atoms with Gasteiger partial charge in [0.05, 0.1) is 24.1 Å². The minimum Gasteiger partial charge on any atom is -0.462 e. The zero-order valence-electron chi connectivity index (χ0n) is 19.0. The smallest absolute Gasteiger partial charge is 0.338 e. The van der Waals surface area contributed by atoms with Crippen molar-refractivity contribution in [3.8, 4) is 0 Å². The number of nitrogens with two attached hydrogens (primary N) is 1. The molecule has 1 fully saturated rings. The molecule has 1 aliphatic heterocycles. The fourth-order valence-corrected chi connectivity index (χ4v) is 4.29. The fourth-order valence-electron chi connectivity index (χ4n) is 4.07. The molecule has 3 atom stereocenters. The lowest BCUT2D eigenvalue weighted by Crippen LogP contribution is -2.28. The molecule has 1 saturated heterocycles. The number of nitrogen functional groups attached to an aromatic ring is 1. The van der Waals surface area contributed by atoms with E-state index in [1.807, 2.05) is 12.1 Å². The monoisotopic (exact) mass is 507 g/mol. The Hall–Kier alpha value is -4.02. The van der Waals surface area contributed by atoms with Gasteiger partial charge in [-0.1, -0.05) is 48.0 Å². The summed E-state index contributed by atoms with van der Waals surface area (Å²) in [5.41, 5.74) is 7.46. The first-order chi connectivity index (χ1) is 17.5. The van der Waals surface area contributed by atoms with Crippen molar-refractivity contribution in [1.82, 2.24) is 19.5 Å². The molecule has 2 aromatic heterocycles. The summed E-state index contributed by atoms with van der Waals surface area (Å²) < 4.78 is 19.0. The van der Waals surface area contributed by atoms with E-state index < -0.39 is 24.3 Å². The number of anilines is 1. The third-order valence-corrected chi connectivity index (χ3v) is 6.16. The SMILES string of the molecule is Nc1nc(Cl)c2ncn(C3CC(COC(=O)c4ccccc4)C(COC(=O)c4ccccc4)O3)c2n1. The van der Waals surface area contributed by atoms with Gasteiger partial charge in [-0.2, -0.15) is 9.97 Å². The number of ether oxygens (including phenoxy) is 3. The van der Waals surface area contributed by atoms with Crippen LogP contribution >= 0.6 is 11.6 Å². The van der Waals surface area contributed by atoms with Gasteiger partial charge in [-0.25, -0.2) is 14.6 Å². The van der Waals surface area contributed by atoms with Crippen LogP contribution in [0.25, 0.3) is 11.2 Å². The van der Waals surface area contributed by atoms with Crippen molar-refractivity contribution in [2.75, 3.05) is 18.9 Å². The lowest BCUT2D eigenvalue weighted by Gasteiger charge is -2.18. The highest BCUT2D eigenvalue weighted by atomic mass is 35.5. The number of imidazole rings is 1. The first-order valence-electron chi connectivity index (χ1n) is 11.2. The van der Waals surface area contributed by atoms with Crippen molar-refractivity contribution >= 4 is 40.7 Å². The summed E-state index contributed by atoms with van der Waals surface area (Å²) in [6.07, 6.45) is 0.920. The van der Waals surface area contributed by atoms with Crippen molar-refractivity contribution in [3.63, 3.8) is 0 Å². The Morgan fingerprint density at radius 3 is 2.22 bits per heavy atom. The van der Waals surface area contributed by atoms with E-state index in [0.29, 0.717) is 28.7 Å². The van der Waals surface area contributed by atoms with Crippen LogP contribution in [0.5, 0.6) is 0 Å². The molecule has 4 aromatic rings. The Morgan fingerprint density at radius 1 is 0.972 bits per heavy atom. The number of carbonyl (C=O) groups excluding carboxylic acids is 2. The fraction of sp³-hybridized carbons (Fsp3) is 0.240. The minimum absolute atomic E-state index is 0.00827. The molecule has 1 aliphatic rings. The zero-order valence-corrected chi connectivity index (χ0v) is 19.7. The predicted molar refractivity (Wildman–Crippen MR) is 130 cm³/mol. The highest BCUT2D eigenvalue weighted by Crippen LogP contribution is 2.36. The van der Waals surface area contributed by atoms with Gasteiger partial charge in [0, 0.05) is 12.3 Å². The molecule has 5 rings (SSSR count). The number of esters is 2. The van der Waals surface area contributed by atoms with Crippen LogP contribution in [-0.2, 0) is 14.2 Å². The molecule has 10 nitrogen and oxygen atoms in total. The highest BCUT2D eigenvalue weighted by Gasteiger charge is 2.39. The third kappa shape index (κ3) is 5.00. The average molecular weight is 508 g/mol. The van der Waals surface area contributed by atoms with Crippen molar-refractivity contribution in [2.24, 2.45) is 5.92 Å². The van der Waals surface area contributed by atoms with Crippen LogP contribution in [0.15, 0.2) is 67.0 Å². The summed E-state index contributed by atoms with van der Waals surface area (Å²) in [4.78, 5) is 37.5. The van der Waals surface area contributed by atoms with E-state index in [1.54, 1.807) is 59.4 Å². The van der Waals surface area contributed by atoms with Crippen molar-refractivity contribution in [2.45, 2.75) is 18.8 Å².